The van der Waals surface area contributed by atoms with Crippen molar-refractivity contribution < 1.29 is 37.8 Å². The number of carboxylic acids is 2. The first-order valence-electron chi connectivity index (χ1n) is 9.28. The Labute approximate surface area is 174 Å². The Bertz CT molecular complexity index is 891. The van der Waals surface area contributed by atoms with Gasteiger partial charge in [-0.2, -0.15) is 4.31 Å². The molecular weight excluding hydrogens is 416 g/mol. The minimum Gasteiger partial charge on any atom is -0.478 e. The van der Waals surface area contributed by atoms with Gasteiger partial charge >= 0.3 is 11.9 Å². The highest BCUT2D eigenvalue weighted by Gasteiger charge is 2.35. The van der Waals surface area contributed by atoms with Crippen LogP contribution in [0.5, 0.6) is 0 Å². The van der Waals surface area contributed by atoms with E-state index in [9.17, 15) is 22.8 Å². The molecule has 2 aliphatic heterocycles. The molecule has 0 unspecified atom stereocenters. The maximum Gasteiger partial charge on any atom is 0.328 e. The molecule has 0 bridgehead atoms. The van der Waals surface area contributed by atoms with Crippen molar-refractivity contribution in [1.82, 2.24) is 9.21 Å². The van der Waals surface area contributed by atoms with Gasteiger partial charge in [-0.05, 0) is 25.1 Å². The topological polar surface area (TPSA) is 142 Å². The van der Waals surface area contributed by atoms with Gasteiger partial charge in [-0.25, -0.2) is 18.0 Å². The summed E-state index contributed by atoms with van der Waals surface area (Å²) in [4.78, 5) is 33.6. The summed E-state index contributed by atoms with van der Waals surface area (Å²) in [7, 11) is -3.55. The van der Waals surface area contributed by atoms with Crippen LogP contribution in [-0.2, 0) is 24.3 Å². The molecule has 11 heteroatoms. The fourth-order valence-corrected chi connectivity index (χ4v) is 4.67. The van der Waals surface area contributed by atoms with Crippen molar-refractivity contribution in [2.45, 2.75) is 11.3 Å². The van der Waals surface area contributed by atoms with Crippen LogP contribution in [0.15, 0.2) is 41.3 Å². The first-order chi connectivity index (χ1) is 14.2. The van der Waals surface area contributed by atoms with Crippen molar-refractivity contribution in [2.24, 2.45) is 0 Å². The van der Waals surface area contributed by atoms with E-state index in [0.717, 1.165) is 32.8 Å². The summed E-state index contributed by atoms with van der Waals surface area (Å²) in [5.74, 6) is -2.64. The number of rotatable bonds is 6. The van der Waals surface area contributed by atoms with Crippen LogP contribution < -0.4 is 0 Å². The first-order valence-corrected chi connectivity index (χ1v) is 10.7. The second kappa shape index (κ2) is 11.0. The van der Waals surface area contributed by atoms with E-state index in [2.05, 4.69) is 4.90 Å². The van der Waals surface area contributed by atoms with Crippen molar-refractivity contribution in [3.05, 3.63) is 42.0 Å². The summed E-state index contributed by atoms with van der Waals surface area (Å²) in [6.07, 6.45) is 1.83. The number of fused-ring (bicyclic) bond motifs is 1. The Morgan fingerprint density at radius 3 is 2.23 bits per heavy atom. The van der Waals surface area contributed by atoms with Crippen LogP contribution in [0.2, 0.25) is 0 Å². The van der Waals surface area contributed by atoms with Crippen molar-refractivity contribution in [3.8, 4) is 0 Å². The number of hydrogen-bond donors (Lipinski definition) is 2. The van der Waals surface area contributed by atoms with Crippen LogP contribution in [0, 0.1) is 0 Å². The van der Waals surface area contributed by atoms with Crippen molar-refractivity contribution in [2.75, 3.05) is 45.9 Å². The maximum absolute atomic E-state index is 12.6. The third kappa shape index (κ3) is 6.73. The van der Waals surface area contributed by atoms with Crippen molar-refractivity contribution in [1.29, 1.82) is 0 Å². The molecule has 0 radical (unpaired) electrons. The summed E-state index contributed by atoms with van der Waals surface area (Å²) in [6.45, 7) is 4.37. The molecule has 3 rings (SSSR count). The minimum atomic E-state index is -3.55. The fourth-order valence-electron chi connectivity index (χ4n) is 3.03. The quantitative estimate of drug-likeness (QED) is 0.598. The Hall–Kier alpha value is -2.60. The first kappa shape index (κ1) is 23.7. The molecule has 164 valence electrons. The van der Waals surface area contributed by atoms with Gasteiger partial charge in [0.1, 0.15) is 0 Å². The second-order valence-electron chi connectivity index (χ2n) is 6.58. The van der Waals surface area contributed by atoms with E-state index >= 15 is 0 Å². The van der Waals surface area contributed by atoms with Crippen LogP contribution in [0.25, 0.3) is 0 Å². The van der Waals surface area contributed by atoms with Crippen LogP contribution in [0.3, 0.4) is 0 Å². The number of nitrogens with zero attached hydrogens (tertiary/aromatic N) is 2. The highest BCUT2D eigenvalue weighted by molar-refractivity contribution is 7.89. The largest absolute Gasteiger partial charge is 0.478 e. The zero-order valence-electron chi connectivity index (χ0n) is 16.3. The highest BCUT2D eigenvalue weighted by Crippen LogP contribution is 2.26. The molecule has 0 aliphatic carbocycles. The average Bonchev–Trinajstić information content (AvgIpc) is 2.72. The number of ether oxygens (including phenoxy) is 1. The number of ketones is 1. The molecule has 1 aromatic carbocycles. The third-order valence-corrected chi connectivity index (χ3v) is 6.38. The monoisotopic (exact) mass is 440 g/mol. The number of carboxylic acid groups (broad SMARTS) is 2. The Balaban J connectivity index is 0.000000343. The van der Waals surface area contributed by atoms with Gasteiger partial charge in [-0.3, -0.25) is 9.69 Å². The molecule has 0 atom stereocenters. The summed E-state index contributed by atoms with van der Waals surface area (Å²) < 4.78 is 31.7. The Kier molecular flexibility index (Phi) is 8.66. The molecule has 0 aromatic heterocycles. The number of Topliss-reactive ketones (excluding diaryl/α,β-unsaturated/α-hetero) is 1. The molecule has 2 aliphatic rings. The van der Waals surface area contributed by atoms with Crippen LogP contribution in [0.4, 0.5) is 0 Å². The normalized spacial score (nSPS) is 19.0. The molecule has 0 spiro atoms. The van der Waals surface area contributed by atoms with Gasteiger partial charge in [-0.15, -0.1) is 0 Å². The average molecular weight is 440 g/mol. The molecule has 0 amide bonds. The molecule has 2 N–H and O–H groups in total. The van der Waals surface area contributed by atoms with E-state index in [1.807, 2.05) is 0 Å². The number of aliphatic carboxylic acids is 2. The van der Waals surface area contributed by atoms with E-state index in [-0.39, 0.29) is 17.2 Å². The van der Waals surface area contributed by atoms with Crippen molar-refractivity contribution in [3.63, 3.8) is 0 Å². The SMILES string of the molecule is O=C(O)/C=C/C(=O)O.O=C1CN(CCCN2CCOCC2)S(=O)(=O)c2ccccc21. The van der Waals surface area contributed by atoms with E-state index in [1.165, 1.54) is 10.4 Å². The number of benzene rings is 1. The minimum absolute atomic E-state index is 0.0531. The fraction of sp³-hybridized carbons (Fsp3) is 0.421. The lowest BCUT2D eigenvalue weighted by Gasteiger charge is -2.29. The van der Waals surface area contributed by atoms with Gasteiger partial charge in [0.2, 0.25) is 10.0 Å². The van der Waals surface area contributed by atoms with E-state index < -0.39 is 22.0 Å². The Morgan fingerprint density at radius 2 is 1.63 bits per heavy atom. The predicted molar refractivity (Wildman–Crippen MR) is 106 cm³/mol. The van der Waals surface area contributed by atoms with E-state index in [4.69, 9.17) is 14.9 Å². The number of carbonyl (C=O) groups is 3. The van der Waals surface area contributed by atoms with Crippen LogP contribution >= 0.6 is 0 Å². The molecule has 1 saturated heterocycles. The predicted octanol–water partition coefficient (Wildman–Crippen LogP) is 0.308. The zero-order valence-corrected chi connectivity index (χ0v) is 17.1. The second-order valence-corrected chi connectivity index (χ2v) is 8.48. The lowest BCUT2D eigenvalue weighted by Crippen LogP contribution is -2.43. The molecule has 30 heavy (non-hydrogen) atoms. The van der Waals surface area contributed by atoms with Gasteiger partial charge in [-0.1, -0.05) is 12.1 Å². The van der Waals surface area contributed by atoms with Crippen molar-refractivity contribution >= 4 is 27.7 Å². The van der Waals surface area contributed by atoms with Crippen LogP contribution in [0.1, 0.15) is 16.8 Å². The van der Waals surface area contributed by atoms with Gasteiger partial charge in [0, 0.05) is 37.3 Å². The lowest BCUT2D eigenvalue weighted by molar-refractivity contribution is -0.134. The molecule has 0 saturated carbocycles. The molecule has 1 aromatic rings. The smallest absolute Gasteiger partial charge is 0.328 e. The lowest BCUT2D eigenvalue weighted by atomic mass is 10.1. The third-order valence-electron chi connectivity index (χ3n) is 4.48. The zero-order chi connectivity index (χ0) is 22.1. The van der Waals surface area contributed by atoms with E-state index in [1.54, 1.807) is 18.2 Å². The number of carbonyl (C=O) groups excluding carboxylic acids is 1. The Morgan fingerprint density at radius 1 is 1.03 bits per heavy atom. The molecule has 10 nitrogen and oxygen atoms in total. The van der Waals surface area contributed by atoms with Gasteiger partial charge < -0.3 is 14.9 Å². The van der Waals surface area contributed by atoms with Gasteiger partial charge in [0.05, 0.1) is 24.7 Å². The molecular formula is C19H24N2O8S. The number of hydrogen-bond acceptors (Lipinski definition) is 7. The number of sulfonamides is 1. The van der Waals surface area contributed by atoms with E-state index in [0.29, 0.717) is 30.7 Å². The summed E-state index contributed by atoms with van der Waals surface area (Å²) in [6, 6.07) is 6.44. The molecule has 1 fully saturated rings. The molecule has 2 heterocycles. The number of morpholine rings is 1. The summed E-state index contributed by atoms with van der Waals surface area (Å²) in [5, 5.41) is 15.6. The van der Waals surface area contributed by atoms with Gasteiger partial charge in [0.15, 0.2) is 5.78 Å². The summed E-state index contributed by atoms with van der Waals surface area (Å²) >= 11 is 0. The van der Waals surface area contributed by atoms with Crippen LogP contribution in [-0.4, -0.2) is 91.5 Å². The summed E-state index contributed by atoms with van der Waals surface area (Å²) in [5.41, 5.74) is 0.312. The maximum atomic E-state index is 12.6. The standard InChI is InChI=1S/C15H20N2O4S.C4H4O4/c18-14-12-17(7-3-6-16-8-10-21-11-9-16)22(19,20)15-5-2-1-4-13(14)15;5-3(6)1-2-4(7)8/h1-2,4-5H,3,6-12H2;1-2H,(H,5,6)(H,7,8)/b;2-1+. The van der Waals surface area contributed by atoms with Gasteiger partial charge in [0.25, 0.3) is 0 Å². The highest BCUT2D eigenvalue weighted by atomic mass is 32.2.